The van der Waals surface area contributed by atoms with E-state index in [4.69, 9.17) is 4.98 Å². The van der Waals surface area contributed by atoms with Gasteiger partial charge in [-0.15, -0.1) is 11.3 Å². The van der Waals surface area contributed by atoms with Crippen molar-refractivity contribution in [3.8, 4) is 0 Å². The number of aromatic nitrogens is 1. The summed E-state index contributed by atoms with van der Waals surface area (Å²) in [7, 11) is 4.23. The summed E-state index contributed by atoms with van der Waals surface area (Å²) in [6.45, 7) is 11.3. The number of hydrogen-bond donors (Lipinski definition) is 1. The Kier molecular flexibility index (Phi) is 6.02. The Bertz CT molecular complexity index is 435. The van der Waals surface area contributed by atoms with Crippen LogP contribution in [0.2, 0.25) is 0 Å². The van der Waals surface area contributed by atoms with Crippen LogP contribution in [0.4, 0.5) is 5.13 Å². The summed E-state index contributed by atoms with van der Waals surface area (Å²) in [4.78, 5) is 11.3. The molecule has 0 aliphatic carbocycles. The van der Waals surface area contributed by atoms with Gasteiger partial charge in [-0.3, -0.25) is 0 Å². The number of piperidine rings is 1. The van der Waals surface area contributed by atoms with E-state index in [0.717, 1.165) is 6.54 Å². The van der Waals surface area contributed by atoms with Crippen LogP contribution in [-0.4, -0.2) is 49.7 Å². The fraction of sp³-hybridized carbons (Fsp3) is 0.812. The second-order valence-corrected chi connectivity index (χ2v) is 7.33. The van der Waals surface area contributed by atoms with Gasteiger partial charge in [0.2, 0.25) is 0 Å². The molecule has 2 rings (SSSR count). The van der Waals surface area contributed by atoms with Crippen molar-refractivity contribution in [3.05, 3.63) is 10.6 Å². The molecule has 1 fully saturated rings. The van der Waals surface area contributed by atoms with Crippen molar-refractivity contribution in [2.24, 2.45) is 0 Å². The van der Waals surface area contributed by atoms with Crippen molar-refractivity contribution in [1.29, 1.82) is 0 Å². The molecule has 5 heteroatoms. The molecule has 1 aromatic rings. The molecular weight excluding hydrogens is 280 g/mol. The normalized spacial score (nSPS) is 17.6. The van der Waals surface area contributed by atoms with Gasteiger partial charge in [-0.05, 0) is 32.4 Å². The van der Waals surface area contributed by atoms with Crippen LogP contribution in [0.3, 0.4) is 0 Å². The van der Waals surface area contributed by atoms with E-state index in [0.29, 0.717) is 12.0 Å². The summed E-state index contributed by atoms with van der Waals surface area (Å²) < 4.78 is 0. The predicted octanol–water partition coefficient (Wildman–Crippen LogP) is 2.91. The molecule has 1 aliphatic rings. The van der Waals surface area contributed by atoms with Crippen LogP contribution in [0.15, 0.2) is 0 Å². The quantitative estimate of drug-likeness (QED) is 0.875. The van der Waals surface area contributed by atoms with Gasteiger partial charge in [-0.2, -0.15) is 0 Å². The third-order valence-electron chi connectivity index (χ3n) is 4.45. The highest BCUT2D eigenvalue weighted by Gasteiger charge is 2.25. The number of hydrogen-bond acceptors (Lipinski definition) is 5. The molecular formula is C16H30N4S. The Labute approximate surface area is 133 Å². The zero-order valence-corrected chi connectivity index (χ0v) is 15.0. The molecule has 0 saturated carbocycles. The molecule has 120 valence electrons. The van der Waals surface area contributed by atoms with Gasteiger partial charge in [0.25, 0.3) is 0 Å². The lowest BCUT2D eigenvalue weighted by molar-refractivity contribution is 0.221. The van der Waals surface area contributed by atoms with Crippen LogP contribution in [-0.2, 0) is 6.54 Å². The van der Waals surface area contributed by atoms with Gasteiger partial charge in [0.15, 0.2) is 5.13 Å². The molecule has 1 aromatic heterocycles. The lowest BCUT2D eigenvalue weighted by Gasteiger charge is -2.36. The van der Waals surface area contributed by atoms with E-state index < -0.39 is 0 Å². The molecule has 0 atom stereocenters. The van der Waals surface area contributed by atoms with Crippen LogP contribution in [0.1, 0.15) is 50.1 Å². The fourth-order valence-electron chi connectivity index (χ4n) is 3.02. The molecule has 0 bridgehead atoms. The first-order valence-corrected chi connectivity index (χ1v) is 8.97. The van der Waals surface area contributed by atoms with Crippen LogP contribution in [0.25, 0.3) is 0 Å². The first kappa shape index (κ1) is 16.7. The van der Waals surface area contributed by atoms with Gasteiger partial charge >= 0.3 is 0 Å². The average molecular weight is 311 g/mol. The standard InChI is InChI=1S/C16H30N4S/c1-6-20-9-7-13(8-10-20)19(5)16-18-15(12(2)3)14(21-16)11-17-4/h12-13,17H,6-11H2,1-5H3. The van der Waals surface area contributed by atoms with E-state index in [1.165, 1.54) is 48.2 Å². The molecule has 1 N–H and O–H groups in total. The molecule has 0 amide bonds. The number of rotatable bonds is 6. The van der Waals surface area contributed by atoms with E-state index in [1.54, 1.807) is 0 Å². The minimum atomic E-state index is 0.494. The summed E-state index contributed by atoms with van der Waals surface area (Å²) in [5.74, 6) is 0.494. The van der Waals surface area contributed by atoms with E-state index in [-0.39, 0.29) is 0 Å². The number of anilines is 1. The summed E-state index contributed by atoms with van der Waals surface area (Å²) in [5.41, 5.74) is 1.27. The second kappa shape index (κ2) is 7.56. The molecule has 0 aromatic carbocycles. The van der Waals surface area contributed by atoms with Crippen LogP contribution < -0.4 is 10.2 Å². The molecule has 1 saturated heterocycles. The van der Waals surface area contributed by atoms with Gasteiger partial charge < -0.3 is 15.1 Å². The lowest BCUT2D eigenvalue weighted by atomic mass is 10.0. The van der Waals surface area contributed by atoms with E-state index in [2.05, 4.69) is 42.9 Å². The SMILES string of the molecule is CCN1CCC(N(C)c2nc(C(C)C)c(CNC)s2)CC1. The van der Waals surface area contributed by atoms with Crippen molar-refractivity contribution in [2.75, 3.05) is 38.6 Å². The number of likely N-dealkylation sites (tertiary alicyclic amines) is 1. The minimum absolute atomic E-state index is 0.494. The summed E-state index contributed by atoms with van der Waals surface area (Å²) >= 11 is 1.86. The third kappa shape index (κ3) is 3.96. The zero-order chi connectivity index (χ0) is 15.4. The monoisotopic (exact) mass is 310 g/mol. The smallest absolute Gasteiger partial charge is 0.185 e. The van der Waals surface area contributed by atoms with Crippen LogP contribution in [0.5, 0.6) is 0 Å². The summed E-state index contributed by atoms with van der Waals surface area (Å²) in [6, 6.07) is 0.640. The van der Waals surface area contributed by atoms with E-state index >= 15 is 0 Å². The van der Waals surface area contributed by atoms with E-state index in [1.807, 2.05) is 18.4 Å². The van der Waals surface area contributed by atoms with Gasteiger partial charge in [-0.1, -0.05) is 20.8 Å². The Morgan fingerprint density at radius 3 is 2.57 bits per heavy atom. The Hall–Kier alpha value is -0.650. The van der Waals surface area contributed by atoms with Crippen molar-refractivity contribution in [3.63, 3.8) is 0 Å². The summed E-state index contributed by atoms with van der Waals surface area (Å²) in [5, 5.41) is 4.46. The largest absolute Gasteiger partial charge is 0.348 e. The van der Waals surface area contributed by atoms with Crippen molar-refractivity contribution in [2.45, 2.75) is 52.1 Å². The first-order valence-electron chi connectivity index (χ1n) is 8.16. The topological polar surface area (TPSA) is 31.4 Å². The maximum absolute atomic E-state index is 4.93. The number of thiazole rings is 1. The molecule has 21 heavy (non-hydrogen) atoms. The Morgan fingerprint density at radius 1 is 1.38 bits per heavy atom. The van der Waals surface area contributed by atoms with Crippen molar-refractivity contribution in [1.82, 2.24) is 15.2 Å². The van der Waals surface area contributed by atoms with Gasteiger partial charge in [0.05, 0.1) is 5.69 Å². The third-order valence-corrected chi connectivity index (χ3v) is 5.62. The Balaban J connectivity index is 2.08. The fourth-order valence-corrected chi connectivity index (χ4v) is 4.28. The Morgan fingerprint density at radius 2 is 2.05 bits per heavy atom. The predicted molar refractivity (Wildman–Crippen MR) is 92.5 cm³/mol. The minimum Gasteiger partial charge on any atom is -0.348 e. The van der Waals surface area contributed by atoms with Gasteiger partial charge in [0, 0.05) is 37.6 Å². The van der Waals surface area contributed by atoms with Gasteiger partial charge in [0.1, 0.15) is 0 Å². The second-order valence-electron chi connectivity index (χ2n) is 6.27. The van der Waals surface area contributed by atoms with Crippen molar-refractivity contribution < 1.29 is 0 Å². The zero-order valence-electron chi connectivity index (χ0n) is 14.1. The molecule has 0 radical (unpaired) electrons. The first-order chi connectivity index (χ1) is 10.1. The number of nitrogens with zero attached hydrogens (tertiary/aromatic N) is 3. The molecule has 4 nitrogen and oxygen atoms in total. The highest BCUT2D eigenvalue weighted by atomic mass is 32.1. The van der Waals surface area contributed by atoms with Crippen LogP contribution in [0, 0.1) is 0 Å². The van der Waals surface area contributed by atoms with Crippen molar-refractivity contribution >= 4 is 16.5 Å². The van der Waals surface area contributed by atoms with E-state index in [9.17, 15) is 0 Å². The van der Waals surface area contributed by atoms with Gasteiger partial charge in [-0.25, -0.2) is 4.98 Å². The lowest BCUT2D eigenvalue weighted by Crippen LogP contribution is -2.43. The summed E-state index contributed by atoms with van der Waals surface area (Å²) in [6.07, 6.45) is 2.50. The number of nitrogens with one attached hydrogen (secondary N) is 1. The highest BCUT2D eigenvalue weighted by Crippen LogP contribution is 2.32. The maximum atomic E-state index is 4.93. The molecule has 1 aliphatic heterocycles. The molecule has 0 unspecified atom stereocenters. The van der Waals surface area contributed by atoms with Crippen LogP contribution >= 0.6 is 11.3 Å². The maximum Gasteiger partial charge on any atom is 0.185 e. The average Bonchev–Trinajstić information content (AvgIpc) is 2.91. The molecule has 0 spiro atoms. The highest BCUT2D eigenvalue weighted by molar-refractivity contribution is 7.15. The molecule has 2 heterocycles.